The first-order valence-corrected chi connectivity index (χ1v) is 14.7. The zero-order chi connectivity index (χ0) is 37.6. The molecule has 0 aliphatic heterocycles. The van der Waals surface area contributed by atoms with Crippen LogP contribution in [-0.2, 0) is 48.5 Å². The van der Waals surface area contributed by atoms with Crippen molar-refractivity contribution in [1.29, 1.82) is 0 Å². The van der Waals surface area contributed by atoms with Gasteiger partial charge in [0.2, 0.25) is 0 Å². The highest BCUT2D eigenvalue weighted by molar-refractivity contribution is 6.30. The largest absolute Gasteiger partial charge is 0.504 e. The number of aromatic nitrogens is 12. The van der Waals surface area contributed by atoms with E-state index in [0.717, 1.165) is 22.1 Å². The number of halogens is 4. The molecule has 0 saturated heterocycles. The second-order valence-corrected chi connectivity index (χ2v) is 11.0. The van der Waals surface area contributed by atoms with Crippen molar-refractivity contribution in [3.8, 4) is 17.2 Å². The van der Waals surface area contributed by atoms with E-state index < -0.39 is 11.9 Å². The zero-order valence-electron chi connectivity index (χ0n) is 29.3. The lowest BCUT2D eigenvalue weighted by Crippen LogP contribution is -2.11. The number of rotatable bonds is 0. The molecule has 0 aliphatic carbocycles. The molecule has 6 heterocycles. The molecule has 0 radical (unpaired) electrons. The van der Waals surface area contributed by atoms with Crippen LogP contribution in [0.4, 0.5) is 13.2 Å². The van der Waals surface area contributed by atoms with Crippen LogP contribution in [0.5, 0.6) is 17.2 Å². The second kappa shape index (κ2) is 23.3. The number of hydrogen-bond donors (Lipinski definition) is 3. The summed E-state index contributed by atoms with van der Waals surface area (Å²) in [7, 11) is 10.3. The maximum Gasteiger partial charge on any atom is 0.433 e. The molecule has 0 amide bonds. The summed E-state index contributed by atoms with van der Waals surface area (Å²) in [6, 6.07) is 2.99. The van der Waals surface area contributed by atoms with Crippen LogP contribution >= 0.6 is 11.6 Å². The number of nitrogens with zero attached hydrogens (tertiary/aromatic N) is 12. The molecule has 15 nitrogen and oxygen atoms in total. The van der Waals surface area contributed by atoms with Crippen molar-refractivity contribution in [2.75, 3.05) is 0 Å². The summed E-state index contributed by atoms with van der Waals surface area (Å²) in [5.41, 5.74) is 3.41. The Morgan fingerprint density at radius 1 is 0.615 bits per heavy atom. The van der Waals surface area contributed by atoms with Crippen LogP contribution in [0, 0.1) is 34.6 Å². The second-order valence-electron chi connectivity index (χ2n) is 10.6. The average molecular weight is 761 g/mol. The Labute approximate surface area is 309 Å². The van der Waals surface area contributed by atoms with E-state index in [4.69, 9.17) is 26.9 Å². The average Bonchev–Trinajstić information content (AvgIpc) is 3.83. The first kappa shape index (κ1) is 51.1. The molecule has 3 N–H and O–H groups in total. The fraction of sp³-hybridized carbons (Fsp3) is 0.455. The minimum Gasteiger partial charge on any atom is -0.504 e. The van der Waals surface area contributed by atoms with Gasteiger partial charge in [-0.05, 0) is 52.3 Å². The molecule has 0 atom stereocenters. The lowest BCUT2D eigenvalue weighted by molar-refractivity contribution is -0.143. The molecule has 0 bridgehead atoms. The predicted molar refractivity (Wildman–Crippen MR) is 198 cm³/mol. The van der Waals surface area contributed by atoms with Gasteiger partial charge < -0.3 is 15.3 Å². The van der Waals surface area contributed by atoms with Gasteiger partial charge in [0.15, 0.2) is 22.4 Å². The fourth-order valence-electron chi connectivity index (χ4n) is 3.47. The highest BCUT2D eigenvalue weighted by Crippen LogP contribution is 2.28. The van der Waals surface area contributed by atoms with Gasteiger partial charge in [0.25, 0.3) is 0 Å². The molecule has 6 aromatic heterocycles. The lowest BCUT2D eigenvalue weighted by atomic mass is 10.4. The number of aromatic hydroxyl groups is 3. The van der Waals surface area contributed by atoms with Crippen molar-refractivity contribution < 1.29 is 28.5 Å². The quantitative estimate of drug-likeness (QED) is 0.152. The normalized spacial score (nSPS) is 9.60. The van der Waals surface area contributed by atoms with Gasteiger partial charge in [0.05, 0.1) is 41.9 Å². The third kappa shape index (κ3) is 18.7. The Hall–Kier alpha value is -5.26. The zero-order valence-corrected chi connectivity index (χ0v) is 30.1. The van der Waals surface area contributed by atoms with Gasteiger partial charge in [0.1, 0.15) is 11.4 Å². The third-order valence-electron chi connectivity index (χ3n) is 5.94. The number of aryl methyl sites for hydroxylation is 10. The molecule has 19 heteroatoms. The van der Waals surface area contributed by atoms with Crippen molar-refractivity contribution in [1.82, 2.24) is 58.7 Å². The molecule has 0 unspecified atom stereocenters. The minimum atomic E-state index is -4.30. The molecular weight excluding hydrogens is 705 g/mol. The van der Waals surface area contributed by atoms with Gasteiger partial charge in [-0.15, -0.1) is 0 Å². The van der Waals surface area contributed by atoms with E-state index in [1.807, 2.05) is 59.5 Å². The van der Waals surface area contributed by atoms with Crippen molar-refractivity contribution >= 4 is 11.6 Å². The predicted octanol–water partition coefficient (Wildman–Crippen LogP) is 6.76. The standard InChI is InChI=1S/C6H7F3N2.2C5H8N2O.2C5H8N2.C4H5ClN2O.3CH4/c1-4-3-5(6(7,8)9)11(2)10-4;1-4-5(8)3-7(2)6-4;1-4-5(8)3-6-7(4)2;1-5-3-6-7(2)4-5;1-5-3-4-7(2)6-5;1-7-2-3(8)4(5)6-7;;;/h3H,1-2H3;2*3,8H,1-2H3;2*3-4H,1-2H3;2,8H,1H3;3*1H4. The van der Waals surface area contributed by atoms with Gasteiger partial charge >= 0.3 is 6.18 Å². The molecule has 0 aromatic carbocycles. The van der Waals surface area contributed by atoms with Crippen LogP contribution in [0.25, 0.3) is 0 Å². The Balaban J connectivity index is -0.000000551. The number of alkyl halides is 3. The van der Waals surface area contributed by atoms with Crippen molar-refractivity contribution in [3.05, 3.63) is 88.5 Å². The summed E-state index contributed by atoms with van der Waals surface area (Å²) in [6.07, 6.45) is 5.86. The molecule has 52 heavy (non-hydrogen) atoms. The van der Waals surface area contributed by atoms with Crippen molar-refractivity contribution in [2.45, 2.75) is 63.1 Å². The van der Waals surface area contributed by atoms with Gasteiger partial charge in [0, 0.05) is 54.7 Å². The Morgan fingerprint density at radius 2 is 1.17 bits per heavy atom. The summed E-state index contributed by atoms with van der Waals surface area (Å²) in [4.78, 5) is 0. The van der Waals surface area contributed by atoms with Crippen LogP contribution < -0.4 is 0 Å². The monoisotopic (exact) mass is 760 g/mol. The summed E-state index contributed by atoms with van der Waals surface area (Å²) < 4.78 is 45.0. The van der Waals surface area contributed by atoms with E-state index >= 15 is 0 Å². The molecule has 294 valence electrons. The first-order chi connectivity index (χ1) is 22.6. The van der Waals surface area contributed by atoms with E-state index in [-0.39, 0.29) is 44.7 Å². The van der Waals surface area contributed by atoms with Crippen molar-refractivity contribution in [2.24, 2.45) is 42.3 Å². The lowest BCUT2D eigenvalue weighted by Gasteiger charge is -2.04. The van der Waals surface area contributed by atoms with Gasteiger partial charge in [-0.25, -0.2) is 0 Å². The topological polar surface area (TPSA) is 168 Å². The molecule has 0 fully saturated rings. The maximum absolute atomic E-state index is 12.0. The molecule has 0 saturated carbocycles. The molecule has 0 aliphatic rings. The van der Waals surface area contributed by atoms with Crippen LogP contribution in [0.1, 0.15) is 56.3 Å². The van der Waals surface area contributed by atoms with Crippen LogP contribution in [0.15, 0.2) is 49.3 Å². The Kier molecular flexibility index (Phi) is 22.9. The van der Waals surface area contributed by atoms with E-state index in [1.54, 1.807) is 53.0 Å². The molecular formula is C33H56ClF3N12O3. The maximum atomic E-state index is 12.0. The van der Waals surface area contributed by atoms with Crippen LogP contribution in [0.3, 0.4) is 0 Å². The fourth-order valence-corrected chi connectivity index (χ4v) is 3.64. The van der Waals surface area contributed by atoms with Gasteiger partial charge in [-0.1, -0.05) is 33.9 Å². The molecule has 6 aromatic rings. The molecule has 6 rings (SSSR count). The highest BCUT2D eigenvalue weighted by atomic mass is 35.5. The summed E-state index contributed by atoms with van der Waals surface area (Å²) >= 11 is 5.35. The SMILES string of the molecule is C.C.C.Cc1c(O)cnn1C.Cc1cc(C(F)(F)F)n(C)n1.Cc1ccn(C)n1.Cc1cnn(C)c1.Cc1nn(C)cc1O.Cn1cc(O)c(Cl)n1. The molecule has 0 spiro atoms. The highest BCUT2D eigenvalue weighted by Gasteiger charge is 2.34. The van der Waals surface area contributed by atoms with E-state index in [2.05, 4.69) is 30.6 Å². The van der Waals surface area contributed by atoms with E-state index in [1.165, 1.54) is 36.6 Å². The van der Waals surface area contributed by atoms with Crippen LogP contribution in [-0.4, -0.2) is 74.0 Å². The summed E-state index contributed by atoms with van der Waals surface area (Å²) in [5, 5.41) is 49.4. The Bertz CT molecular complexity index is 1680. The van der Waals surface area contributed by atoms with Crippen LogP contribution in [0.2, 0.25) is 5.15 Å². The number of hydrogen-bond acceptors (Lipinski definition) is 9. The minimum absolute atomic E-state index is 0. The third-order valence-corrected chi connectivity index (χ3v) is 6.21. The smallest absolute Gasteiger partial charge is 0.433 e. The van der Waals surface area contributed by atoms with Gasteiger partial charge in [-0.2, -0.15) is 43.8 Å². The van der Waals surface area contributed by atoms with Gasteiger partial charge in [-0.3, -0.25) is 28.1 Å². The van der Waals surface area contributed by atoms with E-state index in [0.29, 0.717) is 11.4 Å². The summed E-state index contributed by atoms with van der Waals surface area (Å²) in [6.45, 7) is 9.08. The first-order valence-electron chi connectivity index (χ1n) is 14.3. The Morgan fingerprint density at radius 3 is 1.31 bits per heavy atom. The van der Waals surface area contributed by atoms with Crippen molar-refractivity contribution in [3.63, 3.8) is 0 Å². The summed E-state index contributed by atoms with van der Waals surface area (Å²) in [5.74, 6) is 0.536. The van der Waals surface area contributed by atoms with E-state index in [9.17, 15) is 13.2 Å².